The fourth-order valence-corrected chi connectivity index (χ4v) is 5.16. The molecule has 2 atom stereocenters. The minimum atomic E-state index is -0.0277. The van der Waals surface area contributed by atoms with Crippen molar-refractivity contribution in [2.24, 2.45) is 5.92 Å². The molecule has 2 aliphatic heterocycles. The van der Waals surface area contributed by atoms with E-state index in [4.69, 9.17) is 0 Å². The lowest BCUT2D eigenvalue weighted by atomic mass is 9.83. The van der Waals surface area contributed by atoms with Gasteiger partial charge in [0, 0.05) is 29.9 Å². The SMILES string of the molecule is Cc1sc(-n2cccc2)nc1C(=O)NC[C@@H]1CCCN2CCCCC12. The van der Waals surface area contributed by atoms with Gasteiger partial charge < -0.3 is 14.8 Å². The standard InChI is InChI=1S/C19H26N4OS/c1-14-17(21-19(25-14)23-10-4-5-11-23)18(24)20-13-15-7-6-12-22-9-3-2-8-16(15)22/h4-5,10-11,15-16H,2-3,6-9,12-13H2,1H3,(H,20,24)/t15-,16?/m0/s1. The van der Waals surface area contributed by atoms with Gasteiger partial charge in [0.1, 0.15) is 5.69 Å². The van der Waals surface area contributed by atoms with Crippen molar-refractivity contribution in [3.05, 3.63) is 35.1 Å². The van der Waals surface area contributed by atoms with Crippen LogP contribution in [0.4, 0.5) is 0 Å². The summed E-state index contributed by atoms with van der Waals surface area (Å²) in [6.07, 6.45) is 10.3. The first-order valence-electron chi connectivity index (χ1n) is 9.35. The van der Waals surface area contributed by atoms with E-state index in [1.54, 1.807) is 11.3 Å². The summed E-state index contributed by atoms with van der Waals surface area (Å²) in [5.74, 6) is 0.556. The number of carbonyl (C=O) groups is 1. The Labute approximate surface area is 153 Å². The molecule has 2 aromatic rings. The van der Waals surface area contributed by atoms with Gasteiger partial charge in [-0.05, 0) is 63.7 Å². The van der Waals surface area contributed by atoms with Gasteiger partial charge in [0.2, 0.25) is 0 Å². The summed E-state index contributed by atoms with van der Waals surface area (Å²) in [7, 11) is 0. The average molecular weight is 359 g/mol. The number of rotatable bonds is 4. The molecule has 0 radical (unpaired) electrons. The fourth-order valence-electron chi connectivity index (χ4n) is 4.29. The number of nitrogens with zero attached hydrogens (tertiary/aromatic N) is 3. The van der Waals surface area contributed by atoms with Crippen LogP contribution >= 0.6 is 11.3 Å². The highest BCUT2D eigenvalue weighted by Crippen LogP contribution is 2.30. The summed E-state index contributed by atoms with van der Waals surface area (Å²) in [6, 6.07) is 4.60. The Morgan fingerprint density at radius 2 is 2.04 bits per heavy atom. The van der Waals surface area contributed by atoms with E-state index in [2.05, 4.69) is 15.2 Å². The summed E-state index contributed by atoms with van der Waals surface area (Å²) in [6.45, 7) is 5.22. The molecular weight excluding hydrogens is 332 g/mol. The molecule has 0 saturated carbocycles. The number of amides is 1. The van der Waals surface area contributed by atoms with Crippen LogP contribution in [0.5, 0.6) is 0 Å². The van der Waals surface area contributed by atoms with Crippen molar-refractivity contribution in [2.45, 2.75) is 45.1 Å². The van der Waals surface area contributed by atoms with E-state index in [0.29, 0.717) is 17.7 Å². The lowest BCUT2D eigenvalue weighted by molar-refractivity contribution is 0.0575. The predicted molar refractivity (Wildman–Crippen MR) is 100 cm³/mol. The zero-order valence-electron chi connectivity index (χ0n) is 14.8. The number of aryl methyl sites for hydroxylation is 1. The lowest BCUT2D eigenvalue weighted by Crippen LogP contribution is -2.51. The maximum Gasteiger partial charge on any atom is 0.271 e. The largest absolute Gasteiger partial charge is 0.350 e. The van der Waals surface area contributed by atoms with Crippen LogP contribution in [0.3, 0.4) is 0 Å². The fraction of sp³-hybridized carbons (Fsp3) is 0.579. The second-order valence-electron chi connectivity index (χ2n) is 7.20. The zero-order chi connectivity index (χ0) is 17.2. The summed E-state index contributed by atoms with van der Waals surface area (Å²) in [5, 5.41) is 4.02. The molecule has 2 saturated heterocycles. The Morgan fingerprint density at radius 1 is 1.24 bits per heavy atom. The summed E-state index contributed by atoms with van der Waals surface area (Å²) >= 11 is 1.56. The molecule has 5 nitrogen and oxygen atoms in total. The Bertz CT molecular complexity index is 722. The van der Waals surface area contributed by atoms with Crippen LogP contribution in [0.2, 0.25) is 0 Å². The van der Waals surface area contributed by atoms with Crippen LogP contribution < -0.4 is 5.32 Å². The molecule has 1 N–H and O–H groups in total. The van der Waals surface area contributed by atoms with Crippen molar-refractivity contribution in [1.82, 2.24) is 19.8 Å². The lowest BCUT2D eigenvalue weighted by Gasteiger charge is -2.44. The number of thiazole rings is 1. The number of hydrogen-bond donors (Lipinski definition) is 1. The molecule has 134 valence electrons. The van der Waals surface area contributed by atoms with Gasteiger partial charge in [-0.3, -0.25) is 4.79 Å². The second-order valence-corrected chi connectivity index (χ2v) is 8.38. The summed E-state index contributed by atoms with van der Waals surface area (Å²) in [4.78, 5) is 20.8. The van der Waals surface area contributed by atoms with Crippen LogP contribution in [-0.4, -0.2) is 46.0 Å². The van der Waals surface area contributed by atoms with Crippen LogP contribution in [0.25, 0.3) is 5.13 Å². The molecule has 4 heterocycles. The third-order valence-corrected chi connectivity index (χ3v) is 6.56. The minimum absolute atomic E-state index is 0.0277. The van der Waals surface area contributed by atoms with Crippen LogP contribution in [-0.2, 0) is 0 Å². The molecule has 1 unspecified atom stereocenters. The molecule has 0 bridgehead atoms. The Morgan fingerprint density at radius 3 is 2.88 bits per heavy atom. The summed E-state index contributed by atoms with van der Waals surface area (Å²) < 4.78 is 1.95. The second kappa shape index (κ2) is 7.30. The van der Waals surface area contributed by atoms with E-state index in [1.165, 1.54) is 45.2 Å². The minimum Gasteiger partial charge on any atom is -0.350 e. The smallest absolute Gasteiger partial charge is 0.271 e. The van der Waals surface area contributed by atoms with E-state index < -0.39 is 0 Å². The number of aromatic nitrogens is 2. The van der Waals surface area contributed by atoms with Crippen LogP contribution in [0.15, 0.2) is 24.5 Å². The quantitative estimate of drug-likeness (QED) is 0.913. The van der Waals surface area contributed by atoms with Crippen molar-refractivity contribution in [3.63, 3.8) is 0 Å². The summed E-state index contributed by atoms with van der Waals surface area (Å²) in [5.41, 5.74) is 0.574. The van der Waals surface area contributed by atoms with Crippen molar-refractivity contribution >= 4 is 17.2 Å². The molecule has 6 heteroatoms. The van der Waals surface area contributed by atoms with Crippen molar-refractivity contribution in [2.75, 3.05) is 19.6 Å². The highest BCUT2D eigenvalue weighted by atomic mass is 32.1. The number of carbonyl (C=O) groups excluding carboxylic acids is 1. The molecule has 2 aliphatic rings. The topological polar surface area (TPSA) is 50.2 Å². The predicted octanol–water partition coefficient (Wildman–Crippen LogP) is 3.24. The van der Waals surface area contributed by atoms with Gasteiger partial charge in [0.05, 0.1) is 0 Å². The first-order valence-corrected chi connectivity index (χ1v) is 10.2. The first kappa shape index (κ1) is 16.8. The van der Waals surface area contributed by atoms with Gasteiger partial charge in [0.15, 0.2) is 5.13 Å². The monoisotopic (exact) mass is 358 g/mol. The van der Waals surface area contributed by atoms with E-state index in [9.17, 15) is 4.79 Å². The molecule has 4 rings (SSSR count). The maximum absolute atomic E-state index is 12.7. The molecule has 0 aromatic carbocycles. The molecule has 25 heavy (non-hydrogen) atoms. The van der Waals surface area contributed by atoms with Gasteiger partial charge in [-0.15, -0.1) is 11.3 Å². The number of hydrogen-bond acceptors (Lipinski definition) is 4. The number of nitrogens with one attached hydrogen (secondary N) is 1. The van der Waals surface area contributed by atoms with Crippen molar-refractivity contribution in [1.29, 1.82) is 0 Å². The van der Waals surface area contributed by atoms with Crippen molar-refractivity contribution in [3.8, 4) is 5.13 Å². The van der Waals surface area contributed by atoms with Gasteiger partial charge in [-0.2, -0.15) is 0 Å². The first-order chi connectivity index (χ1) is 12.2. The van der Waals surface area contributed by atoms with Crippen LogP contribution in [0, 0.1) is 12.8 Å². The van der Waals surface area contributed by atoms with Crippen molar-refractivity contribution < 1.29 is 4.79 Å². The molecule has 2 aromatic heterocycles. The normalized spacial score (nSPS) is 24.0. The Balaban J connectivity index is 1.40. The van der Waals surface area contributed by atoms with E-state index in [-0.39, 0.29) is 5.91 Å². The molecule has 0 aliphatic carbocycles. The van der Waals surface area contributed by atoms with E-state index in [1.807, 2.05) is 36.0 Å². The number of piperidine rings is 2. The highest BCUT2D eigenvalue weighted by molar-refractivity contribution is 7.14. The van der Waals surface area contributed by atoms with Gasteiger partial charge >= 0.3 is 0 Å². The van der Waals surface area contributed by atoms with Gasteiger partial charge in [0.25, 0.3) is 5.91 Å². The Kier molecular flexibility index (Phi) is 4.90. The molecular formula is C19H26N4OS. The third-order valence-electron chi connectivity index (χ3n) is 5.58. The number of fused-ring (bicyclic) bond motifs is 1. The Hall–Kier alpha value is -1.66. The highest BCUT2D eigenvalue weighted by Gasteiger charge is 2.33. The average Bonchev–Trinajstić information content (AvgIpc) is 3.29. The molecule has 0 spiro atoms. The van der Waals surface area contributed by atoms with Gasteiger partial charge in [-0.1, -0.05) is 6.42 Å². The van der Waals surface area contributed by atoms with E-state index in [0.717, 1.165) is 16.6 Å². The maximum atomic E-state index is 12.7. The van der Waals surface area contributed by atoms with Crippen LogP contribution in [0.1, 0.15) is 47.5 Å². The van der Waals surface area contributed by atoms with Gasteiger partial charge in [-0.25, -0.2) is 4.98 Å². The zero-order valence-corrected chi connectivity index (χ0v) is 15.6. The van der Waals surface area contributed by atoms with E-state index >= 15 is 0 Å². The third kappa shape index (κ3) is 3.51. The molecule has 1 amide bonds. The molecule has 2 fully saturated rings.